The van der Waals surface area contributed by atoms with Crippen molar-refractivity contribution < 1.29 is 9.84 Å². The Hall–Kier alpha value is -1.83. The van der Waals surface area contributed by atoms with Gasteiger partial charge in [-0.15, -0.1) is 5.10 Å². The predicted molar refractivity (Wildman–Crippen MR) is 75.8 cm³/mol. The fourth-order valence-corrected chi connectivity index (χ4v) is 2.48. The maximum Gasteiger partial charge on any atom is 0.170 e. The number of nitrogens with zero attached hydrogens (tertiary/aromatic N) is 4. The van der Waals surface area contributed by atoms with E-state index in [9.17, 15) is 5.11 Å². The van der Waals surface area contributed by atoms with E-state index in [2.05, 4.69) is 20.8 Å². The first-order valence-electron chi connectivity index (χ1n) is 7.06. The van der Waals surface area contributed by atoms with Crippen molar-refractivity contribution >= 4 is 0 Å². The number of ether oxygens (including phenoxy) is 1. The molecule has 0 spiro atoms. The molecule has 1 aromatic carbocycles. The molecule has 1 aliphatic heterocycles. The highest BCUT2D eigenvalue weighted by Crippen LogP contribution is 2.24. The minimum atomic E-state index is -0.814. The van der Waals surface area contributed by atoms with Gasteiger partial charge in [-0.05, 0) is 29.5 Å². The molecule has 1 fully saturated rings. The zero-order valence-electron chi connectivity index (χ0n) is 11.9. The third-order valence-corrected chi connectivity index (χ3v) is 3.91. The first kappa shape index (κ1) is 14.1. The van der Waals surface area contributed by atoms with Crippen molar-refractivity contribution in [3.05, 3.63) is 36.2 Å². The molecule has 0 bridgehead atoms. The van der Waals surface area contributed by atoms with Crippen LogP contribution in [0.4, 0.5) is 0 Å². The lowest BCUT2D eigenvalue weighted by molar-refractivity contribution is -0.0264. The molecule has 21 heavy (non-hydrogen) atoms. The lowest BCUT2D eigenvalue weighted by atomic mass is 9.97. The number of aromatic nitrogens is 4. The van der Waals surface area contributed by atoms with E-state index in [1.165, 1.54) is 0 Å². The summed E-state index contributed by atoms with van der Waals surface area (Å²) in [6.45, 7) is 3.43. The monoisotopic (exact) mass is 289 g/mol. The first-order chi connectivity index (χ1) is 10.2. The summed E-state index contributed by atoms with van der Waals surface area (Å²) in [5, 5.41) is 25.4. The van der Waals surface area contributed by atoms with Crippen molar-refractivity contribution in [2.24, 2.45) is 0 Å². The van der Waals surface area contributed by atoms with Crippen LogP contribution in [-0.2, 0) is 11.3 Å². The van der Waals surface area contributed by atoms with E-state index in [0.717, 1.165) is 5.69 Å². The second-order valence-electron chi connectivity index (χ2n) is 5.31. The van der Waals surface area contributed by atoms with E-state index in [0.29, 0.717) is 31.9 Å². The van der Waals surface area contributed by atoms with Crippen LogP contribution in [0, 0.1) is 0 Å². The highest BCUT2D eigenvalue weighted by molar-refractivity contribution is 5.30. The SMILES string of the molecule is CC1OCCC1(O)CNCc1nnnn1-c1ccccc1. The van der Waals surface area contributed by atoms with Gasteiger partial charge in [0.05, 0.1) is 18.3 Å². The number of para-hydroxylation sites is 1. The van der Waals surface area contributed by atoms with Gasteiger partial charge in [0.2, 0.25) is 0 Å². The summed E-state index contributed by atoms with van der Waals surface area (Å²) in [7, 11) is 0. The topological polar surface area (TPSA) is 85.1 Å². The van der Waals surface area contributed by atoms with Gasteiger partial charge in [-0.2, -0.15) is 4.68 Å². The summed E-state index contributed by atoms with van der Waals surface area (Å²) in [4.78, 5) is 0. The number of benzene rings is 1. The van der Waals surface area contributed by atoms with E-state index in [1.807, 2.05) is 37.3 Å². The second-order valence-corrected chi connectivity index (χ2v) is 5.31. The molecule has 2 atom stereocenters. The first-order valence-corrected chi connectivity index (χ1v) is 7.06. The summed E-state index contributed by atoms with van der Waals surface area (Å²) in [5.74, 6) is 0.705. The number of hydrogen-bond acceptors (Lipinski definition) is 6. The summed E-state index contributed by atoms with van der Waals surface area (Å²) < 4.78 is 7.10. The van der Waals surface area contributed by atoms with Gasteiger partial charge in [-0.25, -0.2) is 0 Å². The summed E-state index contributed by atoms with van der Waals surface area (Å²) in [5.41, 5.74) is 0.0981. The molecule has 7 nitrogen and oxygen atoms in total. The van der Waals surface area contributed by atoms with Gasteiger partial charge < -0.3 is 15.2 Å². The van der Waals surface area contributed by atoms with Crippen LogP contribution in [0.15, 0.2) is 30.3 Å². The lowest BCUT2D eigenvalue weighted by Gasteiger charge is -2.26. The van der Waals surface area contributed by atoms with E-state index in [-0.39, 0.29) is 6.10 Å². The lowest BCUT2D eigenvalue weighted by Crippen LogP contribution is -2.45. The summed E-state index contributed by atoms with van der Waals surface area (Å²) >= 11 is 0. The fourth-order valence-electron chi connectivity index (χ4n) is 2.48. The molecular weight excluding hydrogens is 270 g/mol. The zero-order chi connectivity index (χ0) is 14.7. The van der Waals surface area contributed by atoms with Crippen LogP contribution < -0.4 is 5.32 Å². The molecule has 0 saturated carbocycles. The van der Waals surface area contributed by atoms with Gasteiger partial charge >= 0.3 is 0 Å². The zero-order valence-corrected chi connectivity index (χ0v) is 11.9. The van der Waals surface area contributed by atoms with Crippen molar-refractivity contribution in [3.8, 4) is 5.69 Å². The van der Waals surface area contributed by atoms with Crippen LogP contribution in [0.3, 0.4) is 0 Å². The fraction of sp³-hybridized carbons (Fsp3) is 0.500. The van der Waals surface area contributed by atoms with Crippen molar-refractivity contribution in [1.29, 1.82) is 0 Å². The van der Waals surface area contributed by atoms with E-state index in [1.54, 1.807) is 4.68 Å². The van der Waals surface area contributed by atoms with Gasteiger partial charge in [0, 0.05) is 19.6 Å². The van der Waals surface area contributed by atoms with Crippen LogP contribution in [0.2, 0.25) is 0 Å². The van der Waals surface area contributed by atoms with Crippen molar-refractivity contribution in [2.45, 2.75) is 31.6 Å². The number of aliphatic hydroxyl groups is 1. The smallest absolute Gasteiger partial charge is 0.170 e. The second kappa shape index (κ2) is 5.88. The highest BCUT2D eigenvalue weighted by atomic mass is 16.5. The third-order valence-electron chi connectivity index (χ3n) is 3.91. The maximum absolute atomic E-state index is 10.4. The molecule has 7 heteroatoms. The number of nitrogens with one attached hydrogen (secondary N) is 1. The Kier molecular flexibility index (Phi) is 3.96. The molecule has 1 saturated heterocycles. The molecule has 112 valence electrons. The number of hydrogen-bond donors (Lipinski definition) is 2. The molecule has 2 unspecified atom stereocenters. The van der Waals surface area contributed by atoms with Gasteiger partial charge in [0.1, 0.15) is 5.60 Å². The Morgan fingerprint density at radius 2 is 2.24 bits per heavy atom. The van der Waals surface area contributed by atoms with Crippen LogP contribution in [0.5, 0.6) is 0 Å². The molecule has 0 amide bonds. The Bertz CT molecular complexity index is 588. The molecular formula is C14H19N5O2. The van der Waals surface area contributed by atoms with E-state index >= 15 is 0 Å². The van der Waals surface area contributed by atoms with Crippen LogP contribution in [0.1, 0.15) is 19.2 Å². The molecule has 2 heterocycles. The Balaban J connectivity index is 1.63. The maximum atomic E-state index is 10.4. The van der Waals surface area contributed by atoms with Crippen molar-refractivity contribution in [1.82, 2.24) is 25.5 Å². The summed E-state index contributed by atoms with van der Waals surface area (Å²) in [6, 6.07) is 9.71. The van der Waals surface area contributed by atoms with Gasteiger partial charge in [0.15, 0.2) is 5.82 Å². The van der Waals surface area contributed by atoms with E-state index in [4.69, 9.17) is 4.74 Å². The largest absolute Gasteiger partial charge is 0.386 e. The number of rotatable bonds is 5. The molecule has 2 aromatic rings. The minimum absolute atomic E-state index is 0.157. The predicted octanol–water partition coefficient (Wildman–Crippen LogP) is 0.292. The van der Waals surface area contributed by atoms with Gasteiger partial charge in [-0.1, -0.05) is 18.2 Å². The van der Waals surface area contributed by atoms with Crippen molar-refractivity contribution in [2.75, 3.05) is 13.2 Å². The standard InChI is InChI=1S/C14H19N5O2/c1-11-14(20,7-8-21-11)10-15-9-13-16-17-18-19(13)12-5-3-2-4-6-12/h2-6,11,15,20H,7-10H2,1H3. The average Bonchev–Trinajstić information content (AvgIpc) is 3.08. The van der Waals surface area contributed by atoms with Gasteiger partial charge in [0.25, 0.3) is 0 Å². The minimum Gasteiger partial charge on any atom is -0.386 e. The quantitative estimate of drug-likeness (QED) is 0.823. The van der Waals surface area contributed by atoms with Crippen LogP contribution in [-0.4, -0.2) is 50.2 Å². The van der Waals surface area contributed by atoms with Crippen LogP contribution in [0.25, 0.3) is 5.69 Å². The molecule has 1 aromatic heterocycles. The molecule has 2 N–H and O–H groups in total. The van der Waals surface area contributed by atoms with E-state index < -0.39 is 5.60 Å². The normalized spacial score (nSPS) is 25.3. The molecule has 3 rings (SSSR count). The average molecular weight is 289 g/mol. The van der Waals surface area contributed by atoms with Gasteiger partial charge in [-0.3, -0.25) is 0 Å². The highest BCUT2D eigenvalue weighted by Gasteiger charge is 2.39. The molecule has 0 aliphatic carbocycles. The number of tetrazole rings is 1. The van der Waals surface area contributed by atoms with Crippen LogP contribution >= 0.6 is 0 Å². The molecule has 1 aliphatic rings. The van der Waals surface area contributed by atoms with Crippen molar-refractivity contribution in [3.63, 3.8) is 0 Å². The Morgan fingerprint density at radius 3 is 2.95 bits per heavy atom. The Labute approximate surface area is 122 Å². The summed E-state index contributed by atoms with van der Waals surface area (Å²) in [6.07, 6.45) is 0.486. The third kappa shape index (κ3) is 2.94. The Morgan fingerprint density at radius 1 is 1.43 bits per heavy atom. The molecule has 0 radical (unpaired) electrons.